The molecule has 1 rings (SSSR count). The van der Waals surface area contributed by atoms with Crippen LogP contribution in [0.2, 0.25) is 0 Å². The molecule has 0 spiro atoms. The van der Waals surface area contributed by atoms with Crippen LogP contribution in [0, 0.1) is 25.7 Å². The first-order chi connectivity index (χ1) is 8.67. The van der Waals surface area contributed by atoms with Gasteiger partial charge in [-0.05, 0) is 43.0 Å². The molecule has 1 aromatic carbocycles. The summed E-state index contributed by atoms with van der Waals surface area (Å²) < 4.78 is 28.1. The van der Waals surface area contributed by atoms with E-state index in [4.69, 9.17) is 9.88 Å². The van der Waals surface area contributed by atoms with Crippen molar-refractivity contribution in [1.82, 2.24) is 0 Å². The average molecular weight is 285 g/mol. The Morgan fingerprint density at radius 1 is 1.16 bits per heavy atom. The summed E-state index contributed by atoms with van der Waals surface area (Å²) in [5.74, 6) is 0.827. The molecule has 0 radical (unpaired) electrons. The van der Waals surface area contributed by atoms with Crippen molar-refractivity contribution >= 4 is 10.0 Å². The Kier molecular flexibility index (Phi) is 5.38. The number of hydrogen-bond acceptors (Lipinski definition) is 3. The second-order valence-electron chi connectivity index (χ2n) is 5.47. The zero-order valence-corrected chi connectivity index (χ0v) is 12.8. The number of nitrogens with two attached hydrogens (primary N) is 1. The van der Waals surface area contributed by atoms with Gasteiger partial charge in [0.15, 0.2) is 0 Å². The highest BCUT2D eigenvalue weighted by atomic mass is 32.2. The van der Waals surface area contributed by atoms with E-state index in [1.54, 1.807) is 0 Å². The molecule has 108 valence electrons. The van der Waals surface area contributed by atoms with Crippen molar-refractivity contribution in [1.29, 1.82) is 0 Å². The third kappa shape index (κ3) is 6.07. The molecule has 2 N–H and O–H groups in total. The minimum atomic E-state index is -3.47. The molecule has 0 fully saturated rings. The van der Waals surface area contributed by atoms with E-state index in [2.05, 4.69) is 6.07 Å². The van der Waals surface area contributed by atoms with Gasteiger partial charge in [-0.25, -0.2) is 13.6 Å². The maximum absolute atomic E-state index is 11.2. The lowest BCUT2D eigenvalue weighted by molar-refractivity contribution is 0.224. The lowest BCUT2D eigenvalue weighted by Crippen LogP contribution is -2.30. The average Bonchev–Trinajstić information content (AvgIpc) is 2.20. The highest BCUT2D eigenvalue weighted by molar-refractivity contribution is 7.89. The van der Waals surface area contributed by atoms with E-state index in [9.17, 15) is 8.42 Å². The van der Waals surface area contributed by atoms with Crippen molar-refractivity contribution in [3.8, 4) is 5.75 Å². The van der Waals surface area contributed by atoms with Crippen molar-refractivity contribution in [2.24, 2.45) is 17.0 Å². The normalized spacial score (nSPS) is 13.6. The first-order valence-electron chi connectivity index (χ1n) is 6.39. The molecule has 1 atom stereocenters. The topological polar surface area (TPSA) is 69.4 Å². The first kappa shape index (κ1) is 16.0. The molecule has 0 aliphatic carbocycles. The largest absolute Gasteiger partial charge is 0.493 e. The third-order valence-electron chi connectivity index (χ3n) is 3.05. The molecule has 5 heteroatoms. The van der Waals surface area contributed by atoms with Gasteiger partial charge in [0, 0.05) is 5.92 Å². The van der Waals surface area contributed by atoms with E-state index in [0.29, 0.717) is 6.61 Å². The molecule has 0 heterocycles. The van der Waals surface area contributed by atoms with E-state index >= 15 is 0 Å². The summed E-state index contributed by atoms with van der Waals surface area (Å²) in [6.07, 6.45) is 0. The van der Waals surface area contributed by atoms with Gasteiger partial charge >= 0.3 is 0 Å². The molecule has 1 unspecified atom stereocenters. The van der Waals surface area contributed by atoms with Gasteiger partial charge in [0.2, 0.25) is 10.0 Å². The fourth-order valence-electron chi connectivity index (χ4n) is 1.95. The van der Waals surface area contributed by atoms with Crippen LogP contribution < -0.4 is 9.88 Å². The Morgan fingerprint density at radius 2 is 1.68 bits per heavy atom. The molecule has 0 amide bonds. The van der Waals surface area contributed by atoms with E-state index in [1.807, 2.05) is 39.8 Å². The number of rotatable bonds is 6. The molecular weight excluding hydrogens is 262 g/mol. The molecular formula is C14H23NO3S. The number of primary sulfonamides is 1. The third-order valence-corrected chi connectivity index (χ3v) is 3.94. The van der Waals surface area contributed by atoms with Gasteiger partial charge < -0.3 is 4.74 Å². The quantitative estimate of drug-likeness (QED) is 0.871. The molecule has 0 saturated carbocycles. The zero-order chi connectivity index (χ0) is 14.6. The summed E-state index contributed by atoms with van der Waals surface area (Å²) in [5.41, 5.74) is 2.25. The second kappa shape index (κ2) is 6.39. The number of benzene rings is 1. The fourth-order valence-corrected chi connectivity index (χ4v) is 3.03. The Morgan fingerprint density at radius 3 is 2.11 bits per heavy atom. The first-order valence-corrected chi connectivity index (χ1v) is 8.10. The number of hydrogen-bond donors (Lipinski definition) is 1. The van der Waals surface area contributed by atoms with Crippen LogP contribution in [-0.4, -0.2) is 20.8 Å². The molecule has 0 aliphatic rings. The minimum Gasteiger partial charge on any atom is -0.493 e. The summed E-state index contributed by atoms with van der Waals surface area (Å²) in [4.78, 5) is 0. The number of sulfonamides is 1. The summed E-state index contributed by atoms with van der Waals surface area (Å²) in [6.45, 7) is 8.31. The van der Waals surface area contributed by atoms with Crippen LogP contribution in [0.1, 0.15) is 25.0 Å². The van der Waals surface area contributed by atoms with Crippen molar-refractivity contribution in [2.75, 3.05) is 12.4 Å². The van der Waals surface area contributed by atoms with Crippen LogP contribution in [0.4, 0.5) is 0 Å². The summed E-state index contributed by atoms with van der Waals surface area (Å²) >= 11 is 0. The SMILES string of the molecule is Cc1cc(C)cc(OCC(CS(N)(=O)=O)C(C)C)c1. The van der Waals surface area contributed by atoms with Gasteiger partial charge in [0.1, 0.15) is 5.75 Å². The maximum atomic E-state index is 11.2. The monoisotopic (exact) mass is 285 g/mol. The van der Waals surface area contributed by atoms with Crippen LogP contribution in [0.25, 0.3) is 0 Å². The van der Waals surface area contributed by atoms with Gasteiger partial charge in [-0.2, -0.15) is 0 Å². The summed E-state index contributed by atoms with van der Waals surface area (Å²) in [6, 6.07) is 5.96. The van der Waals surface area contributed by atoms with E-state index in [0.717, 1.165) is 16.9 Å². The van der Waals surface area contributed by atoms with E-state index in [-0.39, 0.29) is 17.6 Å². The predicted molar refractivity (Wildman–Crippen MR) is 77.7 cm³/mol. The Balaban J connectivity index is 2.71. The minimum absolute atomic E-state index is 0.0462. The smallest absolute Gasteiger partial charge is 0.209 e. The van der Waals surface area contributed by atoms with Gasteiger partial charge in [-0.15, -0.1) is 0 Å². The van der Waals surface area contributed by atoms with Crippen molar-refractivity contribution in [2.45, 2.75) is 27.7 Å². The van der Waals surface area contributed by atoms with Crippen LogP contribution in [0.3, 0.4) is 0 Å². The van der Waals surface area contributed by atoms with Gasteiger partial charge in [0.05, 0.1) is 12.4 Å². The summed E-state index contributed by atoms with van der Waals surface area (Å²) in [5, 5.41) is 5.11. The zero-order valence-electron chi connectivity index (χ0n) is 12.0. The molecule has 0 bridgehead atoms. The standard InChI is InChI=1S/C14H23NO3S/c1-10(2)13(9-19(15,16)17)8-18-14-6-11(3)5-12(4)7-14/h5-7,10,13H,8-9H2,1-4H3,(H2,15,16,17). The van der Waals surface area contributed by atoms with Crippen LogP contribution >= 0.6 is 0 Å². The molecule has 4 nitrogen and oxygen atoms in total. The van der Waals surface area contributed by atoms with E-state index < -0.39 is 10.0 Å². The van der Waals surface area contributed by atoms with Gasteiger partial charge in [0.25, 0.3) is 0 Å². The van der Waals surface area contributed by atoms with Crippen LogP contribution in [0.5, 0.6) is 5.75 Å². The maximum Gasteiger partial charge on any atom is 0.209 e. The van der Waals surface area contributed by atoms with Gasteiger partial charge in [-0.3, -0.25) is 0 Å². The number of aryl methyl sites for hydroxylation is 2. The Hall–Kier alpha value is -1.07. The van der Waals surface area contributed by atoms with Crippen molar-refractivity contribution in [3.63, 3.8) is 0 Å². The lowest BCUT2D eigenvalue weighted by atomic mass is 9.99. The number of ether oxygens (including phenoxy) is 1. The van der Waals surface area contributed by atoms with Crippen LogP contribution in [0.15, 0.2) is 18.2 Å². The second-order valence-corrected chi connectivity index (χ2v) is 7.13. The summed E-state index contributed by atoms with van der Waals surface area (Å²) in [7, 11) is -3.47. The highest BCUT2D eigenvalue weighted by Gasteiger charge is 2.20. The van der Waals surface area contributed by atoms with Crippen LogP contribution in [-0.2, 0) is 10.0 Å². The van der Waals surface area contributed by atoms with Gasteiger partial charge in [-0.1, -0.05) is 19.9 Å². The van der Waals surface area contributed by atoms with Crippen molar-refractivity contribution < 1.29 is 13.2 Å². The lowest BCUT2D eigenvalue weighted by Gasteiger charge is -2.20. The Bertz CT molecular complexity index is 503. The van der Waals surface area contributed by atoms with E-state index in [1.165, 1.54) is 0 Å². The molecule has 0 saturated heterocycles. The highest BCUT2D eigenvalue weighted by Crippen LogP contribution is 2.19. The predicted octanol–water partition coefficient (Wildman–Crippen LogP) is 2.24. The Labute approximate surface area is 116 Å². The molecule has 19 heavy (non-hydrogen) atoms. The molecule has 1 aromatic rings. The molecule has 0 aromatic heterocycles. The van der Waals surface area contributed by atoms with Crippen molar-refractivity contribution in [3.05, 3.63) is 29.3 Å². The molecule has 0 aliphatic heterocycles. The fraction of sp³-hybridized carbons (Fsp3) is 0.571.